The summed E-state index contributed by atoms with van der Waals surface area (Å²) in [6, 6.07) is 4.60. The first-order valence-electron chi connectivity index (χ1n) is 8.06. The van der Waals surface area contributed by atoms with Gasteiger partial charge in [0.2, 0.25) is 0 Å². The third-order valence-electron chi connectivity index (χ3n) is 5.18. The molecule has 0 radical (unpaired) electrons. The summed E-state index contributed by atoms with van der Waals surface area (Å²) in [5.74, 6) is 0.487. The maximum absolute atomic E-state index is 6.68. The largest absolute Gasteiger partial charge is 0.378 e. The molecule has 3 unspecified atom stereocenters. The molecule has 2 saturated heterocycles. The summed E-state index contributed by atoms with van der Waals surface area (Å²) in [5, 5.41) is 0. The minimum Gasteiger partial charge on any atom is -0.378 e. The summed E-state index contributed by atoms with van der Waals surface area (Å²) >= 11 is 0. The van der Waals surface area contributed by atoms with Gasteiger partial charge in [0.1, 0.15) is 0 Å². The zero-order valence-corrected chi connectivity index (χ0v) is 13.4. The van der Waals surface area contributed by atoms with Crippen molar-refractivity contribution in [2.75, 3.05) is 19.8 Å². The molecule has 2 heterocycles. The Morgan fingerprint density at radius 2 is 1.90 bits per heavy atom. The third kappa shape index (κ3) is 2.87. The van der Waals surface area contributed by atoms with Crippen LogP contribution in [0.15, 0.2) is 12.1 Å². The van der Waals surface area contributed by atoms with E-state index < -0.39 is 0 Å². The number of benzene rings is 1. The van der Waals surface area contributed by atoms with Gasteiger partial charge in [-0.15, -0.1) is 0 Å². The van der Waals surface area contributed by atoms with Crippen LogP contribution in [0.5, 0.6) is 0 Å². The van der Waals surface area contributed by atoms with Crippen LogP contribution in [0.4, 0.5) is 0 Å². The van der Waals surface area contributed by atoms with Crippen molar-refractivity contribution >= 4 is 0 Å². The number of nitrogens with two attached hydrogens (primary N) is 1. The predicted octanol–water partition coefficient (Wildman–Crippen LogP) is 3.20. The van der Waals surface area contributed by atoms with Crippen LogP contribution in [0.3, 0.4) is 0 Å². The average molecular weight is 289 g/mol. The first-order chi connectivity index (χ1) is 10.0. The number of aryl methyl sites for hydroxylation is 3. The summed E-state index contributed by atoms with van der Waals surface area (Å²) in [7, 11) is 0. The Kier molecular flexibility index (Phi) is 4.08. The molecular weight excluding hydrogens is 262 g/mol. The fraction of sp³-hybridized carbons (Fsp3) is 0.667. The van der Waals surface area contributed by atoms with Gasteiger partial charge in [-0.25, -0.2) is 0 Å². The zero-order valence-electron chi connectivity index (χ0n) is 13.4. The number of hydrogen-bond acceptors (Lipinski definition) is 3. The highest BCUT2D eigenvalue weighted by Gasteiger charge is 2.42. The van der Waals surface area contributed by atoms with E-state index in [0.717, 1.165) is 39.1 Å². The summed E-state index contributed by atoms with van der Waals surface area (Å²) < 4.78 is 11.6. The molecule has 2 aliphatic heterocycles. The van der Waals surface area contributed by atoms with E-state index in [1.165, 1.54) is 22.3 Å². The Balaban J connectivity index is 1.83. The Labute approximate surface area is 127 Å². The van der Waals surface area contributed by atoms with Crippen molar-refractivity contribution < 1.29 is 9.47 Å². The second kappa shape index (κ2) is 5.71. The molecule has 3 nitrogen and oxygen atoms in total. The van der Waals surface area contributed by atoms with Crippen molar-refractivity contribution in [3.8, 4) is 0 Å². The zero-order chi connectivity index (χ0) is 15.0. The Morgan fingerprint density at radius 1 is 1.19 bits per heavy atom. The lowest BCUT2D eigenvalue weighted by molar-refractivity contribution is -0.101. The Morgan fingerprint density at radius 3 is 2.52 bits per heavy atom. The summed E-state index contributed by atoms with van der Waals surface area (Å²) in [4.78, 5) is 0. The van der Waals surface area contributed by atoms with Crippen LogP contribution in [-0.4, -0.2) is 25.4 Å². The van der Waals surface area contributed by atoms with E-state index in [9.17, 15) is 0 Å². The molecule has 3 atom stereocenters. The molecule has 0 aromatic heterocycles. The topological polar surface area (TPSA) is 44.5 Å². The molecule has 0 amide bonds. The van der Waals surface area contributed by atoms with E-state index in [0.29, 0.717) is 5.92 Å². The van der Waals surface area contributed by atoms with Crippen LogP contribution in [-0.2, 0) is 9.47 Å². The fourth-order valence-corrected chi connectivity index (χ4v) is 4.19. The molecule has 0 aliphatic carbocycles. The van der Waals surface area contributed by atoms with Crippen LogP contribution in [0.25, 0.3) is 0 Å². The standard InChI is InChI=1S/C18H27NO2/c1-12-8-13(2)16(14(3)9-12)17(19)15-4-6-21-18(10-15)5-7-20-11-18/h8-9,15,17H,4-7,10-11,19H2,1-3H3. The smallest absolute Gasteiger partial charge is 0.0940 e. The lowest BCUT2D eigenvalue weighted by atomic mass is 9.77. The van der Waals surface area contributed by atoms with E-state index in [4.69, 9.17) is 15.2 Å². The summed E-state index contributed by atoms with van der Waals surface area (Å²) in [5.41, 5.74) is 11.9. The predicted molar refractivity (Wildman–Crippen MR) is 84.4 cm³/mol. The van der Waals surface area contributed by atoms with E-state index >= 15 is 0 Å². The normalized spacial score (nSPS) is 30.8. The quantitative estimate of drug-likeness (QED) is 0.909. The summed E-state index contributed by atoms with van der Waals surface area (Å²) in [6.07, 6.45) is 3.10. The molecular formula is C18H27NO2. The van der Waals surface area contributed by atoms with Gasteiger partial charge in [-0.3, -0.25) is 0 Å². The lowest BCUT2D eigenvalue weighted by Gasteiger charge is -2.40. The van der Waals surface area contributed by atoms with E-state index in [1.807, 2.05) is 0 Å². The second-order valence-electron chi connectivity index (χ2n) is 6.93. The van der Waals surface area contributed by atoms with E-state index in [-0.39, 0.29) is 11.6 Å². The van der Waals surface area contributed by atoms with Gasteiger partial charge in [-0.2, -0.15) is 0 Å². The van der Waals surface area contributed by atoms with E-state index in [2.05, 4.69) is 32.9 Å². The van der Waals surface area contributed by atoms with Gasteiger partial charge >= 0.3 is 0 Å². The molecule has 2 aliphatic rings. The van der Waals surface area contributed by atoms with Crippen LogP contribution in [0.1, 0.15) is 47.6 Å². The van der Waals surface area contributed by atoms with Crippen molar-refractivity contribution in [3.05, 3.63) is 34.4 Å². The monoisotopic (exact) mass is 289 g/mol. The maximum Gasteiger partial charge on any atom is 0.0940 e. The molecule has 116 valence electrons. The van der Waals surface area contributed by atoms with Gasteiger partial charge in [0.25, 0.3) is 0 Å². The van der Waals surface area contributed by atoms with Gasteiger partial charge in [-0.1, -0.05) is 17.7 Å². The lowest BCUT2D eigenvalue weighted by Crippen LogP contribution is -2.43. The van der Waals surface area contributed by atoms with Crippen molar-refractivity contribution in [2.45, 2.75) is 51.7 Å². The highest BCUT2D eigenvalue weighted by atomic mass is 16.6. The second-order valence-corrected chi connectivity index (χ2v) is 6.93. The molecule has 21 heavy (non-hydrogen) atoms. The van der Waals surface area contributed by atoms with Crippen molar-refractivity contribution in [3.63, 3.8) is 0 Å². The molecule has 0 saturated carbocycles. The molecule has 2 N–H and O–H groups in total. The van der Waals surface area contributed by atoms with Gasteiger partial charge in [0, 0.05) is 25.7 Å². The van der Waals surface area contributed by atoms with Crippen LogP contribution in [0.2, 0.25) is 0 Å². The minimum absolute atomic E-state index is 0.0625. The molecule has 3 heteroatoms. The minimum atomic E-state index is -0.0625. The molecule has 1 spiro atoms. The van der Waals surface area contributed by atoms with E-state index in [1.54, 1.807) is 0 Å². The third-order valence-corrected chi connectivity index (χ3v) is 5.18. The van der Waals surface area contributed by atoms with Gasteiger partial charge in [-0.05, 0) is 56.2 Å². The van der Waals surface area contributed by atoms with Crippen LogP contribution >= 0.6 is 0 Å². The summed E-state index contributed by atoms with van der Waals surface area (Å²) in [6.45, 7) is 8.89. The number of rotatable bonds is 2. The molecule has 0 bridgehead atoms. The average Bonchev–Trinajstić information content (AvgIpc) is 2.85. The Bertz CT molecular complexity index is 497. The molecule has 2 fully saturated rings. The highest BCUT2D eigenvalue weighted by molar-refractivity contribution is 5.40. The number of hydrogen-bond donors (Lipinski definition) is 1. The molecule has 3 rings (SSSR count). The SMILES string of the molecule is Cc1cc(C)c(C(N)C2CCOC3(CCOC3)C2)c(C)c1. The van der Waals surface area contributed by atoms with Gasteiger partial charge in [0.15, 0.2) is 0 Å². The Hall–Kier alpha value is -0.900. The van der Waals surface area contributed by atoms with Crippen molar-refractivity contribution in [1.29, 1.82) is 0 Å². The van der Waals surface area contributed by atoms with Gasteiger partial charge < -0.3 is 15.2 Å². The first-order valence-corrected chi connectivity index (χ1v) is 8.06. The van der Waals surface area contributed by atoms with Gasteiger partial charge in [0.05, 0.1) is 12.2 Å². The molecule has 1 aromatic rings. The van der Waals surface area contributed by atoms with Crippen LogP contribution < -0.4 is 5.73 Å². The van der Waals surface area contributed by atoms with Crippen LogP contribution in [0, 0.1) is 26.7 Å². The van der Waals surface area contributed by atoms with Crippen molar-refractivity contribution in [2.24, 2.45) is 11.7 Å². The first kappa shape index (κ1) is 15.0. The molecule has 1 aromatic carbocycles. The number of ether oxygens (including phenoxy) is 2. The fourth-order valence-electron chi connectivity index (χ4n) is 4.19. The van der Waals surface area contributed by atoms with Crippen molar-refractivity contribution in [1.82, 2.24) is 0 Å². The highest BCUT2D eigenvalue weighted by Crippen LogP contribution is 2.41. The maximum atomic E-state index is 6.68.